The van der Waals surface area contributed by atoms with Crippen LogP contribution in [0.2, 0.25) is 0 Å². The van der Waals surface area contributed by atoms with Gasteiger partial charge < -0.3 is 5.73 Å². The standard InChI is InChI=1S/C14H19FN2O2S/c1-9-2-5-12(15)14(6-9)20(18,19)17-7-11(10-3-4-10)13(16)8-17/h2,5-6,10-11,13H,3-4,7-8,16H2,1H3. The van der Waals surface area contributed by atoms with Gasteiger partial charge >= 0.3 is 0 Å². The quantitative estimate of drug-likeness (QED) is 0.919. The van der Waals surface area contributed by atoms with Gasteiger partial charge in [0.15, 0.2) is 0 Å². The minimum atomic E-state index is -3.79. The molecule has 1 aliphatic carbocycles. The van der Waals surface area contributed by atoms with E-state index >= 15 is 0 Å². The number of sulfonamides is 1. The normalized spacial score (nSPS) is 27.9. The molecule has 2 atom stereocenters. The third-order valence-corrected chi connectivity index (χ3v) is 6.16. The maximum Gasteiger partial charge on any atom is 0.246 e. The van der Waals surface area contributed by atoms with E-state index in [9.17, 15) is 12.8 Å². The Balaban J connectivity index is 1.90. The summed E-state index contributed by atoms with van der Waals surface area (Å²) < 4.78 is 40.3. The highest BCUT2D eigenvalue weighted by Crippen LogP contribution is 2.42. The molecule has 2 N–H and O–H groups in total. The highest BCUT2D eigenvalue weighted by atomic mass is 32.2. The van der Waals surface area contributed by atoms with E-state index in [1.165, 1.54) is 16.4 Å². The van der Waals surface area contributed by atoms with Gasteiger partial charge in [-0.05, 0) is 49.3 Å². The summed E-state index contributed by atoms with van der Waals surface area (Å²) >= 11 is 0. The molecule has 0 amide bonds. The first-order chi connectivity index (χ1) is 9.39. The molecular weight excluding hydrogens is 279 g/mol. The van der Waals surface area contributed by atoms with E-state index in [-0.39, 0.29) is 23.4 Å². The Morgan fingerprint density at radius 3 is 2.65 bits per heavy atom. The van der Waals surface area contributed by atoms with Crippen molar-refractivity contribution in [3.63, 3.8) is 0 Å². The number of aryl methyl sites for hydroxylation is 1. The lowest BCUT2D eigenvalue weighted by molar-refractivity contribution is 0.426. The summed E-state index contributed by atoms with van der Waals surface area (Å²) in [5.41, 5.74) is 6.78. The molecule has 20 heavy (non-hydrogen) atoms. The summed E-state index contributed by atoms with van der Waals surface area (Å²) in [6.45, 7) is 2.46. The second-order valence-corrected chi connectivity index (χ2v) is 7.83. The van der Waals surface area contributed by atoms with Crippen LogP contribution in [-0.2, 0) is 10.0 Å². The molecule has 1 aromatic rings. The fourth-order valence-electron chi connectivity index (χ4n) is 2.98. The van der Waals surface area contributed by atoms with Gasteiger partial charge in [-0.3, -0.25) is 0 Å². The van der Waals surface area contributed by atoms with Crippen molar-refractivity contribution >= 4 is 10.0 Å². The molecule has 1 aliphatic heterocycles. The lowest BCUT2D eigenvalue weighted by atomic mass is 9.99. The van der Waals surface area contributed by atoms with Crippen molar-refractivity contribution in [2.75, 3.05) is 13.1 Å². The Morgan fingerprint density at radius 2 is 2.00 bits per heavy atom. The van der Waals surface area contributed by atoms with Gasteiger partial charge in [-0.2, -0.15) is 4.31 Å². The van der Waals surface area contributed by atoms with E-state index in [1.807, 2.05) is 0 Å². The van der Waals surface area contributed by atoms with Gasteiger partial charge in [-0.15, -0.1) is 0 Å². The van der Waals surface area contributed by atoms with Gasteiger partial charge in [-0.25, -0.2) is 12.8 Å². The average Bonchev–Trinajstić information content (AvgIpc) is 3.15. The van der Waals surface area contributed by atoms with Crippen molar-refractivity contribution in [3.05, 3.63) is 29.6 Å². The second-order valence-electron chi connectivity index (χ2n) is 5.92. The molecule has 6 heteroatoms. The molecule has 0 aromatic heterocycles. The van der Waals surface area contributed by atoms with Crippen molar-refractivity contribution < 1.29 is 12.8 Å². The minimum absolute atomic E-state index is 0.134. The Bertz CT molecular complexity index is 628. The summed E-state index contributed by atoms with van der Waals surface area (Å²) in [5, 5.41) is 0. The molecular formula is C14H19FN2O2S. The number of benzene rings is 1. The number of rotatable bonds is 3. The summed E-state index contributed by atoms with van der Waals surface area (Å²) in [5.74, 6) is 0.0734. The molecule has 0 bridgehead atoms. The number of halogens is 1. The van der Waals surface area contributed by atoms with E-state index in [0.717, 1.165) is 18.4 Å². The van der Waals surface area contributed by atoms with Crippen LogP contribution in [-0.4, -0.2) is 31.9 Å². The van der Waals surface area contributed by atoms with Crippen LogP contribution in [0.4, 0.5) is 4.39 Å². The Labute approximate surface area is 118 Å². The minimum Gasteiger partial charge on any atom is -0.326 e. The van der Waals surface area contributed by atoms with Crippen LogP contribution in [0.5, 0.6) is 0 Å². The van der Waals surface area contributed by atoms with E-state index in [0.29, 0.717) is 12.5 Å². The number of nitrogens with two attached hydrogens (primary N) is 1. The van der Waals surface area contributed by atoms with Gasteiger partial charge in [0.2, 0.25) is 10.0 Å². The van der Waals surface area contributed by atoms with Gasteiger partial charge in [0.25, 0.3) is 0 Å². The molecule has 2 aliphatic rings. The maximum atomic E-state index is 13.8. The van der Waals surface area contributed by atoms with Crippen LogP contribution < -0.4 is 5.73 Å². The molecule has 3 rings (SSSR count). The van der Waals surface area contributed by atoms with Crippen LogP contribution in [0.1, 0.15) is 18.4 Å². The third-order valence-electron chi connectivity index (χ3n) is 4.31. The van der Waals surface area contributed by atoms with Crippen molar-refractivity contribution in [2.24, 2.45) is 17.6 Å². The molecule has 1 saturated carbocycles. The predicted octanol–water partition coefficient (Wildman–Crippen LogP) is 1.49. The van der Waals surface area contributed by atoms with Crippen molar-refractivity contribution in [2.45, 2.75) is 30.7 Å². The fraction of sp³-hybridized carbons (Fsp3) is 0.571. The van der Waals surface area contributed by atoms with Crippen LogP contribution in [0.3, 0.4) is 0 Å². The number of hydrogen-bond acceptors (Lipinski definition) is 3. The largest absolute Gasteiger partial charge is 0.326 e. The van der Waals surface area contributed by atoms with Gasteiger partial charge in [0.05, 0.1) is 0 Å². The van der Waals surface area contributed by atoms with E-state index in [4.69, 9.17) is 5.73 Å². The summed E-state index contributed by atoms with van der Waals surface area (Å²) in [7, 11) is -3.79. The summed E-state index contributed by atoms with van der Waals surface area (Å²) in [4.78, 5) is -0.235. The SMILES string of the molecule is Cc1ccc(F)c(S(=O)(=O)N2CC(N)C(C3CC3)C2)c1. The van der Waals surface area contributed by atoms with Crippen molar-refractivity contribution in [1.82, 2.24) is 4.31 Å². The first-order valence-corrected chi connectivity index (χ1v) is 8.35. The number of hydrogen-bond donors (Lipinski definition) is 1. The Hall–Kier alpha value is -0.980. The van der Waals surface area contributed by atoms with E-state index in [1.54, 1.807) is 13.0 Å². The summed E-state index contributed by atoms with van der Waals surface area (Å²) in [6, 6.07) is 4.03. The lowest BCUT2D eigenvalue weighted by Crippen LogP contribution is -2.33. The lowest BCUT2D eigenvalue weighted by Gasteiger charge is -2.17. The Kier molecular flexibility index (Phi) is 3.35. The van der Waals surface area contributed by atoms with Crippen LogP contribution in [0.15, 0.2) is 23.1 Å². The molecule has 110 valence electrons. The predicted molar refractivity (Wildman–Crippen MR) is 74.1 cm³/mol. The topological polar surface area (TPSA) is 63.4 Å². The van der Waals surface area contributed by atoms with Crippen LogP contribution in [0.25, 0.3) is 0 Å². The van der Waals surface area contributed by atoms with Crippen LogP contribution >= 0.6 is 0 Å². The van der Waals surface area contributed by atoms with Gasteiger partial charge in [-0.1, -0.05) is 6.07 Å². The molecule has 2 fully saturated rings. The molecule has 4 nitrogen and oxygen atoms in total. The zero-order valence-corrected chi connectivity index (χ0v) is 12.2. The van der Waals surface area contributed by atoms with Crippen molar-refractivity contribution in [1.29, 1.82) is 0 Å². The second kappa shape index (κ2) is 4.79. The smallest absolute Gasteiger partial charge is 0.246 e. The van der Waals surface area contributed by atoms with Gasteiger partial charge in [0.1, 0.15) is 10.7 Å². The molecule has 1 heterocycles. The molecule has 1 aromatic carbocycles. The van der Waals surface area contributed by atoms with Gasteiger partial charge in [0, 0.05) is 19.1 Å². The zero-order valence-electron chi connectivity index (χ0n) is 11.4. The fourth-order valence-corrected chi connectivity index (χ4v) is 4.65. The maximum absolute atomic E-state index is 13.8. The zero-order chi connectivity index (χ0) is 14.5. The Morgan fingerprint density at radius 1 is 1.30 bits per heavy atom. The molecule has 0 radical (unpaired) electrons. The average molecular weight is 298 g/mol. The number of nitrogens with zero attached hydrogens (tertiary/aromatic N) is 1. The first-order valence-electron chi connectivity index (χ1n) is 6.91. The van der Waals surface area contributed by atoms with Crippen molar-refractivity contribution in [3.8, 4) is 0 Å². The monoisotopic (exact) mass is 298 g/mol. The van der Waals surface area contributed by atoms with Crippen LogP contribution in [0, 0.1) is 24.6 Å². The first kappa shape index (κ1) is 14.0. The summed E-state index contributed by atoms with van der Waals surface area (Å²) in [6.07, 6.45) is 2.26. The molecule has 0 spiro atoms. The molecule has 1 saturated heterocycles. The highest BCUT2D eigenvalue weighted by molar-refractivity contribution is 7.89. The third kappa shape index (κ3) is 2.36. The van der Waals surface area contributed by atoms with E-state index < -0.39 is 15.8 Å². The highest BCUT2D eigenvalue weighted by Gasteiger charge is 2.45. The van der Waals surface area contributed by atoms with E-state index in [2.05, 4.69) is 0 Å². The molecule has 2 unspecified atom stereocenters.